The second-order valence-corrected chi connectivity index (χ2v) is 12.0. The molecule has 1 unspecified atom stereocenters. The van der Waals surface area contributed by atoms with Gasteiger partial charge in [0.25, 0.3) is 0 Å². The van der Waals surface area contributed by atoms with Gasteiger partial charge in [-0.1, -0.05) is 80.1 Å². The highest BCUT2D eigenvalue weighted by atomic mass is 19.1. The van der Waals surface area contributed by atoms with Crippen LogP contribution in [0.15, 0.2) is 78.9 Å². The Kier molecular flexibility index (Phi) is 10.3. The zero-order chi connectivity index (χ0) is 31.1. The second kappa shape index (κ2) is 14.3. The van der Waals surface area contributed by atoms with Crippen molar-refractivity contribution in [3.05, 3.63) is 107 Å². The second-order valence-electron chi connectivity index (χ2n) is 12.0. The van der Waals surface area contributed by atoms with Crippen molar-refractivity contribution in [1.29, 1.82) is 5.26 Å². The van der Waals surface area contributed by atoms with Gasteiger partial charge in [-0.3, -0.25) is 0 Å². The zero-order valence-corrected chi connectivity index (χ0v) is 25.8. The number of carbonyl (C=O) groups is 1. The number of urea groups is 1. The van der Waals surface area contributed by atoms with Crippen LogP contribution in [0.5, 0.6) is 0 Å². The SMILES string of the molecule is CCCCOCCCN1C(=O)N(Cc2ccc(F)c(C#N)c2)[C@H](Cc2ccccc2)[C@@H]2OC(C)(C)O[C@H]2C1c1ccccc1. The monoisotopic (exact) mass is 599 g/mol. The van der Waals surface area contributed by atoms with Gasteiger partial charge in [-0.25, -0.2) is 9.18 Å². The van der Waals surface area contributed by atoms with E-state index >= 15 is 0 Å². The van der Waals surface area contributed by atoms with E-state index in [9.17, 15) is 14.4 Å². The van der Waals surface area contributed by atoms with Crippen LogP contribution < -0.4 is 0 Å². The predicted molar refractivity (Wildman–Crippen MR) is 166 cm³/mol. The van der Waals surface area contributed by atoms with Crippen LogP contribution in [0.25, 0.3) is 0 Å². The molecule has 0 N–H and O–H groups in total. The summed E-state index contributed by atoms with van der Waals surface area (Å²) in [5, 5.41) is 9.52. The maximum atomic E-state index is 14.9. The van der Waals surface area contributed by atoms with E-state index in [0.29, 0.717) is 38.2 Å². The summed E-state index contributed by atoms with van der Waals surface area (Å²) < 4.78 is 33.6. The molecule has 0 spiro atoms. The number of hydrogen-bond donors (Lipinski definition) is 0. The highest BCUT2D eigenvalue weighted by molar-refractivity contribution is 5.76. The van der Waals surface area contributed by atoms with Crippen molar-refractivity contribution in [3.8, 4) is 6.07 Å². The molecule has 5 rings (SSSR count). The smallest absolute Gasteiger partial charge is 0.321 e. The van der Waals surface area contributed by atoms with Crippen molar-refractivity contribution in [2.45, 2.75) is 83.1 Å². The molecule has 2 aliphatic rings. The van der Waals surface area contributed by atoms with Gasteiger partial charge in [0.05, 0.1) is 17.6 Å². The Morgan fingerprint density at radius 1 is 0.909 bits per heavy atom. The summed E-state index contributed by atoms with van der Waals surface area (Å²) in [7, 11) is 0. The summed E-state index contributed by atoms with van der Waals surface area (Å²) >= 11 is 0. The van der Waals surface area contributed by atoms with Gasteiger partial charge in [0.1, 0.15) is 24.1 Å². The molecule has 0 saturated carbocycles. The Bertz CT molecular complexity index is 1430. The quantitative estimate of drug-likeness (QED) is 0.209. The third-order valence-electron chi connectivity index (χ3n) is 8.34. The van der Waals surface area contributed by atoms with Crippen LogP contribution in [0, 0.1) is 17.1 Å². The van der Waals surface area contributed by atoms with Crippen LogP contribution >= 0.6 is 0 Å². The minimum atomic E-state index is -0.873. The lowest BCUT2D eigenvalue weighted by Gasteiger charge is -2.37. The molecule has 0 radical (unpaired) electrons. The lowest BCUT2D eigenvalue weighted by atomic mass is 9.90. The van der Waals surface area contributed by atoms with Gasteiger partial charge in [-0.2, -0.15) is 5.26 Å². The van der Waals surface area contributed by atoms with Gasteiger partial charge in [0.15, 0.2) is 5.79 Å². The van der Waals surface area contributed by atoms with E-state index in [1.807, 2.05) is 78.2 Å². The van der Waals surface area contributed by atoms with E-state index in [1.165, 1.54) is 12.1 Å². The highest BCUT2D eigenvalue weighted by Crippen LogP contribution is 2.44. The molecule has 3 aromatic rings. The number of hydrogen-bond acceptors (Lipinski definition) is 5. The molecule has 2 aliphatic heterocycles. The Labute approximate surface area is 260 Å². The summed E-state index contributed by atoms with van der Waals surface area (Å²) in [5.41, 5.74) is 2.66. The molecule has 0 aliphatic carbocycles. The number of halogens is 1. The first-order chi connectivity index (χ1) is 21.3. The topological polar surface area (TPSA) is 75.0 Å². The van der Waals surface area contributed by atoms with Crippen LogP contribution in [0.2, 0.25) is 0 Å². The van der Waals surface area contributed by atoms with Crippen LogP contribution in [-0.2, 0) is 27.2 Å². The third kappa shape index (κ3) is 7.29. The molecule has 4 atom stereocenters. The molecule has 44 heavy (non-hydrogen) atoms. The lowest BCUT2D eigenvalue weighted by molar-refractivity contribution is -0.157. The molecule has 3 aromatic carbocycles. The Morgan fingerprint density at radius 2 is 1.59 bits per heavy atom. The van der Waals surface area contributed by atoms with E-state index < -0.39 is 35.9 Å². The van der Waals surface area contributed by atoms with Gasteiger partial charge in [0.2, 0.25) is 0 Å². The predicted octanol–water partition coefficient (Wildman–Crippen LogP) is 7.01. The van der Waals surface area contributed by atoms with E-state index in [-0.39, 0.29) is 18.1 Å². The van der Waals surface area contributed by atoms with Gasteiger partial charge in [-0.15, -0.1) is 0 Å². The molecule has 232 valence electrons. The Morgan fingerprint density at radius 3 is 2.30 bits per heavy atom. The molecule has 0 aromatic heterocycles. The molecule has 2 heterocycles. The number of rotatable bonds is 12. The maximum Gasteiger partial charge on any atom is 0.321 e. The number of nitrogens with zero attached hydrogens (tertiary/aromatic N) is 3. The Balaban J connectivity index is 1.59. The van der Waals surface area contributed by atoms with Crippen molar-refractivity contribution >= 4 is 6.03 Å². The molecule has 2 amide bonds. The van der Waals surface area contributed by atoms with E-state index in [4.69, 9.17) is 14.2 Å². The largest absolute Gasteiger partial charge is 0.381 e. The van der Waals surface area contributed by atoms with E-state index in [2.05, 4.69) is 19.1 Å². The number of amides is 2. The highest BCUT2D eigenvalue weighted by Gasteiger charge is 2.55. The average Bonchev–Trinajstić information content (AvgIpc) is 3.32. The summed E-state index contributed by atoms with van der Waals surface area (Å²) in [6.45, 7) is 7.84. The van der Waals surface area contributed by atoms with Crippen molar-refractivity contribution < 1.29 is 23.4 Å². The van der Waals surface area contributed by atoms with Crippen LogP contribution in [0.1, 0.15) is 68.3 Å². The molecular weight excluding hydrogens is 557 g/mol. The molecule has 8 heteroatoms. The fourth-order valence-corrected chi connectivity index (χ4v) is 6.30. The summed E-state index contributed by atoms with van der Waals surface area (Å²) in [5.74, 6) is -1.45. The minimum absolute atomic E-state index is 0.0490. The number of carbonyl (C=O) groups excluding carboxylic acids is 1. The first kappa shape index (κ1) is 31.6. The molecule has 2 fully saturated rings. The fraction of sp³-hybridized carbons (Fsp3) is 0.444. The van der Waals surface area contributed by atoms with Gasteiger partial charge in [-0.05, 0) is 61.9 Å². The van der Waals surface area contributed by atoms with Crippen LogP contribution in [0.4, 0.5) is 9.18 Å². The van der Waals surface area contributed by atoms with Crippen molar-refractivity contribution in [1.82, 2.24) is 9.80 Å². The number of fused-ring (bicyclic) bond motifs is 1. The number of unbranched alkanes of at least 4 members (excludes halogenated alkanes) is 1. The van der Waals surface area contributed by atoms with Gasteiger partial charge in [0, 0.05) is 26.3 Å². The average molecular weight is 600 g/mol. The number of ether oxygens (including phenoxy) is 3. The van der Waals surface area contributed by atoms with Crippen molar-refractivity contribution in [2.75, 3.05) is 19.8 Å². The molecule has 2 saturated heterocycles. The lowest BCUT2D eigenvalue weighted by Crippen LogP contribution is -2.50. The maximum absolute atomic E-state index is 14.9. The van der Waals surface area contributed by atoms with Gasteiger partial charge >= 0.3 is 6.03 Å². The fourth-order valence-electron chi connectivity index (χ4n) is 6.30. The van der Waals surface area contributed by atoms with Crippen molar-refractivity contribution in [2.24, 2.45) is 0 Å². The first-order valence-corrected chi connectivity index (χ1v) is 15.6. The van der Waals surface area contributed by atoms with Crippen LogP contribution in [-0.4, -0.2) is 59.6 Å². The first-order valence-electron chi connectivity index (χ1n) is 15.6. The zero-order valence-electron chi connectivity index (χ0n) is 25.8. The minimum Gasteiger partial charge on any atom is -0.381 e. The van der Waals surface area contributed by atoms with E-state index in [1.54, 1.807) is 6.07 Å². The molecule has 7 nitrogen and oxygen atoms in total. The van der Waals surface area contributed by atoms with E-state index in [0.717, 1.165) is 24.0 Å². The number of benzene rings is 3. The standard InChI is InChI=1S/C36H42FN3O4/c1-4-5-20-42-21-12-19-39-32(28-15-10-7-11-16-28)34-33(43-36(2,3)44-34)31(23-26-13-8-6-9-14-26)40(35(39)41)25-27-17-18-30(37)29(22-27)24-38/h6-11,13-18,22,31-34H,4-5,12,19-21,23,25H2,1-3H3/t31-,32?,33+,34+/m1/s1. The normalized spacial score (nSPS) is 22.8. The number of nitriles is 1. The molecular formula is C36H42FN3O4. The Hall–Kier alpha value is -3.77. The third-order valence-corrected chi connectivity index (χ3v) is 8.34. The summed E-state index contributed by atoms with van der Waals surface area (Å²) in [6, 6.07) is 25.5. The summed E-state index contributed by atoms with van der Waals surface area (Å²) in [6.07, 6.45) is 2.35. The van der Waals surface area contributed by atoms with Crippen molar-refractivity contribution in [3.63, 3.8) is 0 Å². The van der Waals surface area contributed by atoms with Gasteiger partial charge < -0.3 is 24.0 Å². The molecule has 0 bridgehead atoms. The van der Waals surface area contributed by atoms with Crippen LogP contribution in [0.3, 0.4) is 0 Å². The summed E-state index contributed by atoms with van der Waals surface area (Å²) in [4.78, 5) is 18.6.